The smallest absolute Gasteiger partial charge is 0.272 e. The van der Waals surface area contributed by atoms with Crippen LogP contribution in [0.2, 0.25) is 0 Å². The average Bonchev–Trinajstić information content (AvgIpc) is 3.03. The van der Waals surface area contributed by atoms with Crippen molar-refractivity contribution in [1.29, 1.82) is 0 Å². The van der Waals surface area contributed by atoms with Gasteiger partial charge < -0.3 is 14.4 Å². The molecule has 6 nitrogen and oxygen atoms in total. The minimum atomic E-state index is -0.245. The largest absolute Gasteiger partial charge is 0.497 e. The molecule has 1 amide bonds. The van der Waals surface area contributed by atoms with Crippen LogP contribution in [-0.2, 0) is 7.05 Å². The van der Waals surface area contributed by atoms with Crippen molar-refractivity contribution in [3.8, 4) is 22.8 Å². The van der Waals surface area contributed by atoms with Gasteiger partial charge >= 0.3 is 0 Å². The maximum Gasteiger partial charge on any atom is 0.272 e. The first-order valence-corrected chi connectivity index (χ1v) is 10.8. The molecule has 0 radical (unpaired) electrons. The predicted molar refractivity (Wildman–Crippen MR) is 121 cm³/mol. The van der Waals surface area contributed by atoms with Crippen LogP contribution in [0, 0.1) is 5.82 Å². The molecule has 0 N–H and O–H groups in total. The van der Waals surface area contributed by atoms with E-state index in [1.165, 1.54) is 12.1 Å². The van der Waals surface area contributed by atoms with Crippen LogP contribution >= 0.6 is 0 Å². The Kier molecular flexibility index (Phi) is 6.44. The van der Waals surface area contributed by atoms with Gasteiger partial charge in [0.15, 0.2) is 0 Å². The predicted octanol–water partition coefficient (Wildman–Crippen LogP) is 4.65. The van der Waals surface area contributed by atoms with Crippen LogP contribution in [0.25, 0.3) is 11.3 Å². The maximum absolute atomic E-state index is 13.5. The highest BCUT2D eigenvalue weighted by atomic mass is 19.1. The first-order chi connectivity index (χ1) is 15.5. The number of halogens is 1. The van der Waals surface area contributed by atoms with Crippen LogP contribution in [0.4, 0.5) is 4.39 Å². The van der Waals surface area contributed by atoms with Crippen molar-refractivity contribution in [2.45, 2.75) is 25.2 Å². The van der Waals surface area contributed by atoms with E-state index in [4.69, 9.17) is 9.47 Å². The van der Waals surface area contributed by atoms with E-state index in [0.29, 0.717) is 36.0 Å². The molecule has 0 spiro atoms. The summed E-state index contributed by atoms with van der Waals surface area (Å²) >= 11 is 0. The molecule has 0 unspecified atom stereocenters. The second kappa shape index (κ2) is 9.42. The van der Waals surface area contributed by atoms with Crippen molar-refractivity contribution in [1.82, 2.24) is 14.7 Å². The fourth-order valence-electron chi connectivity index (χ4n) is 4.31. The fourth-order valence-corrected chi connectivity index (χ4v) is 4.31. The summed E-state index contributed by atoms with van der Waals surface area (Å²) in [6.45, 7) is 1.30. The zero-order chi connectivity index (χ0) is 22.7. The van der Waals surface area contributed by atoms with Gasteiger partial charge in [0.25, 0.3) is 5.91 Å². The standard InChI is InChI=1S/C25H28FN3O3/c1-28-23(15-22(27-28)21-14-20(31-2)11-12-24(21)32-3)25(30)29-13-5-4-6-18(16-29)17-7-9-19(26)10-8-17/h7-12,14-15,18H,4-6,13,16H2,1-3H3/t18-/m0/s1. The molecule has 1 aliphatic heterocycles. The average molecular weight is 438 g/mol. The third-order valence-corrected chi connectivity index (χ3v) is 6.08. The number of aromatic nitrogens is 2. The molecule has 1 saturated heterocycles. The fraction of sp³-hybridized carbons (Fsp3) is 0.360. The number of carbonyl (C=O) groups is 1. The number of methoxy groups -OCH3 is 2. The molecule has 4 rings (SSSR count). The number of hydrogen-bond donors (Lipinski definition) is 0. The first kappa shape index (κ1) is 21.9. The quantitative estimate of drug-likeness (QED) is 0.583. The Morgan fingerprint density at radius 3 is 2.56 bits per heavy atom. The van der Waals surface area contributed by atoms with Gasteiger partial charge in [0, 0.05) is 31.6 Å². The number of aryl methyl sites for hydroxylation is 1. The molecule has 2 aromatic carbocycles. The van der Waals surface area contributed by atoms with Gasteiger partial charge in [-0.25, -0.2) is 4.39 Å². The van der Waals surface area contributed by atoms with E-state index in [1.807, 2.05) is 35.2 Å². The lowest BCUT2D eigenvalue weighted by Gasteiger charge is -2.24. The number of carbonyl (C=O) groups excluding carboxylic acids is 1. The summed E-state index contributed by atoms with van der Waals surface area (Å²) in [5, 5.41) is 4.58. The van der Waals surface area contributed by atoms with Gasteiger partial charge in [-0.3, -0.25) is 9.48 Å². The molecule has 2 heterocycles. The topological polar surface area (TPSA) is 56.6 Å². The van der Waals surface area contributed by atoms with Crippen LogP contribution in [0.3, 0.4) is 0 Å². The number of nitrogens with zero attached hydrogens (tertiary/aromatic N) is 3. The van der Waals surface area contributed by atoms with E-state index in [1.54, 1.807) is 32.0 Å². The Morgan fingerprint density at radius 1 is 1.06 bits per heavy atom. The highest BCUT2D eigenvalue weighted by Crippen LogP contribution is 2.33. The van der Waals surface area contributed by atoms with Gasteiger partial charge in [0.05, 0.1) is 19.9 Å². The highest BCUT2D eigenvalue weighted by molar-refractivity contribution is 5.94. The molecule has 3 aromatic rings. The molecule has 0 aliphatic carbocycles. The number of ether oxygens (including phenoxy) is 2. The summed E-state index contributed by atoms with van der Waals surface area (Å²) in [6.07, 6.45) is 2.95. The van der Waals surface area contributed by atoms with E-state index in [-0.39, 0.29) is 17.6 Å². The maximum atomic E-state index is 13.5. The summed E-state index contributed by atoms with van der Waals surface area (Å²) in [4.78, 5) is 15.4. The minimum Gasteiger partial charge on any atom is -0.497 e. The van der Waals surface area contributed by atoms with Crippen molar-refractivity contribution < 1.29 is 18.7 Å². The summed E-state index contributed by atoms with van der Waals surface area (Å²) in [5.41, 5.74) is 3.00. The lowest BCUT2D eigenvalue weighted by Crippen LogP contribution is -2.35. The molecule has 32 heavy (non-hydrogen) atoms. The van der Waals surface area contributed by atoms with E-state index in [2.05, 4.69) is 5.10 Å². The zero-order valence-corrected chi connectivity index (χ0v) is 18.7. The second-order valence-electron chi connectivity index (χ2n) is 8.10. The zero-order valence-electron chi connectivity index (χ0n) is 18.7. The van der Waals surface area contributed by atoms with Crippen LogP contribution in [-0.4, -0.2) is 47.9 Å². The third kappa shape index (κ3) is 4.47. The van der Waals surface area contributed by atoms with Gasteiger partial charge in [-0.05, 0) is 54.8 Å². The van der Waals surface area contributed by atoms with E-state index in [0.717, 1.165) is 30.4 Å². The summed E-state index contributed by atoms with van der Waals surface area (Å²) in [6, 6.07) is 13.9. The molecule has 168 valence electrons. The molecule has 0 saturated carbocycles. The van der Waals surface area contributed by atoms with E-state index in [9.17, 15) is 9.18 Å². The molecule has 1 aliphatic rings. The van der Waals surface area contributed by atoms with Gasteiger partial charge in [-0.2, -0.15) is 5.10 Å². The van der Waals surface area contributed by atoms with Gasteiger partial charge in [-0.15, -0.1) is 0 Å². The van der Waals surface area contributed by atoms with Crippen molar-refractivity contribution in [2.75, 3.05) is 27.3 Å². The monoisotopic (exact) mass is 437 g/mol. The highest BCUT2D eigenvalue weighted by Gasteiger charge is 2.27. The molecule has 1 aromatic heterocycles. The Hall–Kier alpha value is -3.35. The lowest BCUT2D eigenvalue weighted by atomic mass is 9.94. The molecule has 0 bridgehead atoms. The van der Waals surface area contributed by atoms with E-state index < -0.39 is 0 Å². The summed E-state index contributed by atoms with van der Waals surface area (Å²) < 4.78 is 25.8. The molecule has 1 fully saturated rings. The Morgan fingerprint density at radius 2 is 1.84 bits per heavy atom. The number of amides is 1. The number of rotatable bonds is 5. The van der Waals surface area contributed by atoms with Crippen LogP contribution in [0.1, 0.15) is 41.2 Å². The van der Waals surface area contributed by atoms with Gasteiger partial charge in [0.1, 0.15) is 23.0 Å². The van der Waals surface area contributed by atoms with Crippen LogP contribution in [0.15, 0.2) is 48.5 Å². The van der Waals surface area contributed by atoms with Gasteiger partial charge in [0.2, 0.25) is 0 Å². The summed E-state index contributed by atoms with van der Waals surface area (Å²) in [5.74, 6) is 1.24. The Bertz CT molecular complexity index is 1090. The van der Waals surface area contributed by atoms with Crippen LogP contribution < -0.4 is 9.47 Å². The van der Waals surface area contributed by atoms with Gasteiger partial charge in [-0.1, -0.05) is 18.6 Å². The van der Waals surface area contributed by atoms with Crippen molar-refractivity contribution in [3.63, 3.8) is 0 Å². The van der Waals surface area contributed by atoms with Crippen molar-refractivity contribution in [2.24, 2.45) is 7.05 Å². The SMILES string of the molecule is COc1ccc(OC)c(-c2cc(C(=O)N3CCCC[C@H](c4ccc(F)cc4)C3)n(C)n2)c1. The van der Waals surface area contributed by atoms with Crippen LogP contribution in [0.5, 0.6) is 11.5 Å². The Balaban J connectivity index is 1.61. The normalized spacial score (nSPS) is 16.5. The lowest BCUT2D eigenvalue weighted by molar-refractivity contribution is 0.0743. The second-order valence-corrected chi connectivity index (χ2v) is 8.10. The van der Waals surface area contributed by atoms with E-state index >= 15 is 0 Å². The first-order valence-electron chi connectivity index (χ1n) is 10.8. The molecular weight excluding hydrogens is 409 g/mol. The van der Waals surface area contributed by atoms with Crippen molar-refractivity contribution in [3.05, 3.63) is 65.6 Å². The molecule has 1 atom stereocenters. The number of benzene rings is 2. The minimum absolute atomic E-state index is 0.0536. The van der Waals surface area contributed by atoms with Crippen molar-refractivity contribution >= 4 is 5.91 Å². The summed E-state index contributed by atoms with van der Waals surface area (Å²) in [7, 11) is 4.99. The third-order valence-electron chi connectivity index (χ3n) is 6.08. The number of likely N-dealkylation sites (tertiary alicyclic amines) is 1. The Labute approximate surface area is 187 Å². The molecular formula is C25H28FN3O3. The number of hydrogen-bond acceptors (Lipinski definition) is 4. The molecule has 7 heteroatoms.